The van der Waals surface area contributed by atoms with Crippen LogP contribution >= 0.6 is 0 Å². The second-order valence-electron chi connectivity index (χ2n) is 6.61. The third-order valence-corrected chi connectivity index (χ3v) is 4.68. The minimum Gasteiger partial charge on any atom is -0.297 e. The highest BCUT2D eigenvalue weighted by molar-refractivity contribution is 5.30. The molecule has 23 heavy (non-hydrogen) atoms. The van der Waals surface area contributed by atoms with Crippen molar-refractivity contribution in [3.05, 3.63) is 70.5 Å². The van der Waals surface area contributed by atoms with E-state index in [0.717, 1.165) is 39.3 Å². The molecule has 0 aliphatic carbocycles. The van der Waals surface area contributed by atoms with E-state index in [4.69, 9.17) is 0 Å². The fourth-order valence-electron chi connectivity index (χ4n) is 3.22. The first-order valence-corrected chi connectivity index (χ1v) is 8.35. The summed E-state index contributed by atoms with van der Waals surface area (Å²) in [5.74, 6) is -0.160. The van der Waals surface area contributed by atoms with E-state index in [-0.39, 0.29) is 5.82 Å². The van der Waals surface area contributed by atoms with E-state index in [1.165, 1.54) is 22.3 Å². The van der Waals surface area contributed by atoms with E-state index in [1.807, 2.05) is 12.1 Å². The highest BCUT2D eigenvalue weighted by Crippen LogP contribution is 2.15. The molecule has 1 fully saturated rings. The highest BCUT2D eigenvalue weighted by atomic mass is 19.1. The van der Waals surface area contributed by atoms with Crippen LogP contribution in [0, 0.1) is 19.7 Å². The van der Waals surface area contributed by atoms with E-state index in [1.54, 1.807) is 12.1 Å². The molecule has 1 saturated heterocycles. The number of rotatable bonds is 4. The molecule has 1 aliphatic rings. The predicted octanol–water partition coefficient (Wildman–Crippen LogP) is 3.76. The van der Waals surface area contributed by atoms with Crippen molar-refractivity contribution in [1.29, 1.82) is 0 Å². The molecule has 0 spiro atoms. The SMILES string of the molecule is Cc1ccc(CN2CCN(Cc3ccc(F)cc3)CC2)c(C)c1. The third-order valence-electron chi connectivity index (χ3n) is 4.68. The largest absolute Gasteiger partial charge is 0.297 e. The topological polar surface area (TPSA) is 6.48 Å². The van der Waals surface area contributed by atoms with Crippen LogP contribution in [-0.4, -0.2) is 36.0 Å². The number of hydrogen-bond acceptors (Lipinski definition) is 2. The Morgan fingerprint density at radius 3 is 2.04 bits per heavy atom. The van der Waals surface area contributed by atoms with Gasteiger partial charge in [0.05, 0.1) is 0 Å². The molecule has 3 rings (SSSR count). The Kier molecular flexibility index (Phi) is 5.09. The first-order chi connectivity index (χ1) is 11.1. The fourth-order valence-corrected chi connectivity index (χ4v) is 3.22. The first-order valence-electron chi connectivity index (χ1n) is 8.35. The van der Waals surface area contributed by atoms with Crippen LogP contribution in [0.4, 0.5) is 4.39 Å². The molecule has 2 aromatic rings. The Morgan fingerprint density at radius 2 is 1.43 bits per heavy atom. The van der Waals surface area contributed by atoms with E-state index in [9.17, 15) is 4.39 Å². The molecule has 3 heteroatoms. The molecule has 0 unspecified atom stereocenters. The zero-order valence-corrected chi connectivity index (χ0v) is 14.1. The number of hydrogen-bond donors (Lipinski definition) is 0. The lowest BCUT2D eigenvalue weighted by Crippen LogP contribution is -2.45. The average molecular weight is 312 g/mol. The maximum absolute atomic E-state index is 13.0. The molecule has 2 aromatic carbocycles. The molecule has 2 nitrogen and oxygen atoms in total. The van der Waals surface area contributed by atoms with Gasteiger partial charge in [-0.3, -0.25) is 9.80 Å². The van der Waals surface area contributed by atoms with Crippen LogP contribution in [-0.2, 0) is 13.1 Å². The Balaban J connectivity index is 1.51. The molecule has 0 aromatic heterocycles. The molecule has 0 bridgehead atoms. The summed E-state index contributed by atoms with van der Waals surface area (Å²) >= 11 is 0. The summed E-state index contributed by atoms with van der Waals surface area (Å²) in [6.45, 7) is 10.6. The summed E-state index contributed by atoms with van der Waals surface area (Å²) in [6.07, 6.45) is 0. The molecule has 0 atom stereocenters. The molecule has 1 heterocycles. The van der Waals surface area contributed by atoms with Crippen molar-refractivity contribution in [3.8, 4) is 0 Å². The van der Waals surface area contributed by atoms with Crippen molar-refractivity contribution in [2.75, 3.05) is 26.2 Å². The van der Waals surface area contributed by atoms with Gasteiger partial charge in [-0.2, -0.15) is 0 Å². The van der Waals surface area contributed by atoms with Gasteiger partial charge >= 0.3 is 0 Å². The lowest BCUT2D eigenvalue weighted by molar-refractivity contribution is 0.122. The number of aryl methyl sites for hydroxylation is 2. The summed E-state index contributed by atoms with van der Waals surface area (Å²) in [5, 5.41) is 0. The number of benzene rings is 2. The maximum atomic E-state index is 13.0. The number of nitrogens with zero attached hydrogens (tertiary/aromatic N) is 2. The third kappa shape index (κ3) is 4.40. The van der Waals surface area contributed by atoms with Crippen molar-refractivity contribution >= 4 is 0 Å². The Hall–Kier alpha value is -1.71. The van der Waals surface area contributed by atoms with Gasteiger partial charge in [0.15, 0.2) is 0 Å². The van der Waals surface area contributed by atoms with Gasteiger partial charge < -0.3 is 0 Å². The molecule has 1 aliphatic heterocycles. The second-order valence-corrected chi connectivity index (χ2v) is 6.61. The van der Waals surface area contributed by atoms with Gasteiger partial charge in [-0.05, 0) is 42.7 Å². The number of piperazine rings is 1. The van der Waals surface area contributed by atoms with Crippen LogP contribution in [0.5, 0.6) is 0 Å². The molecular formula is C20H25FN2. The zero-order valence-electron chi connectivity index (χ0n) is 14.1. The van der Waals surface area contributed by atoms with Crippen molar-refractivity contribution in [2.45, 2.75) is 26.9 Å². The van der Waals surface area contributed by atoms with E-state index in [0.29, 0.717) is 0 Å². The van der Waals surface area contributed by atoms with Gasteiger partial charge in [-0.25, -0.2) is 4.39 Å². The first kappa shape index (κ1) is 16.2. The van der Waals surface area contributed by atoms with E-state index >= 15 is 0 Å². The van der Waals surface area contributed by atoms with Crippen molar-refractivity contribution in [3.63, 3.8) is 0 Å². The molecule has 0 radical (unpaired) electrons. The van der Waals surface area contributed by atoms with Gasteiger partial charge in [0.1, 0.15) is 5.82 Å². The Bertz CT molecular complexity index is 643. The van der Waals surface area contributed by atoms with Crippen LogP contribution in [0.2, 0.25) is 0 Å². The molecule has 122 valence electrons. The maximum Gasteiger partial charge on any atom is 0.123 e. The van der Waals surface area contributed by atoms with Crippen molar-refractivity contribution in [1.82, 2.24) is 9.80 Å². The Morgan fingerprint density at radius 1 is 0.826 bits per heavy atom. The molecule has 0 N–H and O–H groups in total. The standard InChI is InChI=1S/C20H25FN2/c1-16-3-6-19(17(2)13-16)15-23-11-9-22(10-12-23)14-18-4-7-20(21)8-5-18/h3-8,13H,9-12,14-15H2,1-2H3. The summed E-state index contributed by atoms with van der Waals surface area (Å²) in [7, 11) is 0. The minimum absolute atomic E-state index is 0.160. The lowest BCUT2D eigenvalue weighted by atomic mass is 10.1. The zero-order chi connectivity index (χ0) is 16.2. The normalized spacial score (nSPS) is 16.7. The van der Waals surface area contributed by atoms with Crippen molar-refractivity contribution in [2.24, 2.45) is 0 Å². The predicted molar refractivity (Wildman–Crippen MR) is 92.9 cm³/mol. The highest BCUT2D eigenvalue weighted by Gasteiger charge is 2.17. The van der Waals surface area contributed by atoms with Gasteiger partial charge in [0, 0.05) is 39.3 Å². The molecule has 0 amide bonds. The van der Waals surface area contributed by atoms with Gasteiger partial charge in [-0.1, -0.05) is 35.9 Å². The van der Waals surface area contributed by atoms with E-state index in [2.05, 4.69) is 41.8 Å². The van der Waals surface area contributed by atoms with Crippen LogP contribution in [0.3, 0.4) is 0 Å². The molecule has 0 saturated carbocycles. The van der Waals surface area contributed by atoms with Crippen LogP contribution in [0.25, 0.3) is 0 Å². The van der Waals surface area contributed by atoms with Crippen LogP contribution in [0.1, 0.15) is 22.3 Å². The smallest absolute Gasteiger partial charge is 0.123 e. The van der Waals surface area contributed by atoms with Crippen molar-refractivity contribution < 1.29 is 4.39 Å². The average Bonchev–Trinajstić information content (AvgIpc) is 2.54. The summed E-state index contributed by atoms with van der Waals surface area (Å²) < 4.78 is 13.0. The van der Waals surface area contributed by atoms with Crippen LogP contribution in [0.15, 0.2) is 42.5 Å². The van der Waals surface area contributed by atoms with Gasteiger partial charge in [0.25, 0.3) is 0 Å². The van der Waals surface area contributed by atoms with Crippen LogP contribution < -0.4 is 0 Å². The number of halogens is 1. The monoisotopic (exact) mass is 312 g/mol. The lowest BCUT2D eigenvalue weighted by Gasteiger charge is -2.35. The van der Waals surface area contributed by atoms with E-state index < -0.39 is 0 Å². The quantitative estimate of drug-likeness (QED) is 0.848. The molecular weight excluding hydrogens is 287 g/mol. The summed E-state index contributed by atoms with van der Waals surface area (Å²) in [5.41, 5.74) is 5.34. The minimum atomic E-state index is -0.160. The summed E-state index contributed by atoms with van der Waals surface area (Å²) in [6, 6.07) is 13.6. The van der Waals surface area contributed by atoms with Gasteiger partial charge in [0.2, 0.25) is 0 Å². The Labute approximate surface area is 138 Å². The van der Waals surface area contributed by atoms with Gasteiger partial charge in [-0.15, -0.1) is 0 Å². The fraction of sp³-hybridized carbons (Fsp3) is 0.400. The second kappa shape index (κ2) is 7.24. The summed E-state index contributed by atoms with van der Waals surface area (Å²) in [4.78, 5) is 4.98.